The number of carbonyl (C=O) groups excluding carboxylic acids is 2. The van der Waals surface area contributed by atoms with Gasteiger partial charge in [-0.1, -0.05) is 42.1 Å². The summed E-state index contributed by atoms with van der Waals surface area (Å²) in [4.78, 5) is 31.3. The second-order valence-corrected chi connectivity index (χ2v) is 7.24. The zero-order valence-electron chi connectivity index (χ0n) is 15.8. The van der Waals surface area contributed by atoms with Gasteiger partial charge in [0.15, 0.2) is 5.17 Å². The van der Waals surface area contributed by atoms with Crippen molar-refractivity contribution in [3.05, 3.63) is 60.2 Å². The first-order valence-corrected chi connectivity index (χ1v) is 10.1. The minimum Gasteiger partial charge on any atom is -0.465 e. The Balaban J connectivity index is 1.67. The van der Waals surface area contributed by atoms with Crippen molar-refractivity contribution in [1.29, 1.82) is 0 Å². The summed E-state index contributed by atoms with van der Waals surface area (Å²) in [5.41, 5.74) is 1.65. The van der Waals surface area contributed by atoms with Crippen molar-refractivity contribution in [3.8, 4) is 0 Å². The maximum Gasteiger partial charge on any atom is 0.339 e. The van der Waals surface area contributed by atoms with E-state index in [-0.39, 0.29) is 11.7 Å². The zero-order valence-corrected chi connectivity index (χ0v) is 16.6. The summed E-state index contributed by atoms with van der Waals surface area (Å²) in [6.45, 7) is 1.90. The van der Waals surface area contributed by atoms with Crippen LogP contribution >= 0.6 is 11.8 Å². The number of methoxy groups -OCH3 is 1. The van der Waals surface area contributed by atoms with E-state index in [1.165, 1.54) is 18.9 Å². The smallest absolute Gasteiger partial charge is 0.339 e. The van der Waals surface area contributed by atoms with Crippen LogP contribution in [-0.4, -0.2) is 47.9 Å². The van der Waals surface area contributed by atoms with Gasteiger partial charge in [0.05, 0.1) is 29.8 Å². The van der Waals surface area contributed by atoms with E-state index in [1.54, 1.807) is 24.3 Å². The molecule has 2 aromatic rings. The Bertz CT molecular complexity index is 849. The molecule has 0 saturated carbocycles. The quantitative estimate of drug-likeness (QED) is 0.470. The third-order valence-electron chi connectivity index (χ3n) is 4.30. The summed E-state index contributed by atoms with van der Waals surface area (Å²) in [7, 11) is 1.32. The largest absolute Gasteiger partial charge is 0.465 e. The first-order chi connectivity index (χ1) is 13.7. The van der Waals surface area contributed by atoms with E-state index in [2.05, 4.69) is 10.2 Å². The number of thioether (sulfide) groups is 1. The molecule has 1 fully saturated rings. The van der Waals surface area contributed by atoms with Gasteiger partial charge in [-0.3, -0.25) is 4.79 Å². The molecule has 0 spiro atoms. The molecule has 1 aliphatic heterocycles. The Morgan fingerprint density at radius 3 is 2.46 bits per heavy atom. The number of benzene rings is 2. The fourth-order valence-electron chi connectivity index (χ4n) is 2.91. The lowest BCUT2D eigenvalue weighted by Crippen LogP contribution is -2.27. The summed E-state index contributed by atoms with van der Waals surface area (Å²) in [5.74, 6) is -0.467. The van der Waals surface area contributed by atoms with Crippen LogP contribution in [0.25, 0.3) is 0 Å². The molecular weight excluding hydrogens is 374 g/mol. The molecular formula is C21H23N3O3S. The van der Waals surface area contributed by atoms with Crippen molar-refractivity contribution < 1.29 is 14.3 Å². The number of likely N-dealkylation sites (tertiary alicyclic amines) is 1. The number of anilines is 1. The summed E-state index contributed by atoms with van der Waals surface area (Å²) in [6.07, 6.45) is 2.26. The van der Waals surface area contributed by atoms with Crippen LogP contribution in [-0.2, 0) is 9.53 Å². The lowest BCUT2D eigenvalue weighted by Gasteiger charge is -2.19. The molecule has 7 heteroatoms. The van der Waals surface area contributed by atoms with Crippen molar-refractivity contribution in [3.63, 3.8) is 0 Å². The molecule has 0 aromatic heterocycles. The Morgan fingerprint density at radius 2 is 1.75 bits per heavy atom. The van der Waals surface area contributed by atoms with Gasteiger partial charge in [-0.15, -0.1) is 0 Å². The highest BCUT2D eigenvalue weighted by atomic mass is 32.2. The minimum absolute atomic E-state index is 0.193. The lowest BCUT2D eigenvalue weighted by molar-refractivity contribution is -0.113. The summed E-state index contributed by atoms with van der Waals surface area (Å²) in [5, 5.41) is 3.65. The van der Waals surface area contributed by atoms with Crippen molar-refractivity contribution >= 4 is 40.2 Å². The number of aliphatic imine (C=N–C) groups is 1. The van der Waals surface area contributed by atoms with Gasteiger partial charge in [0, 0.05) is 13.1 Å². The molecule has 0 bridgehead atoms. The summed E-state index contributed by atoms with van der Waals surface area (Å²) in [6, 6.07) is 16.6. The number of esters is 1. The molecule has 0 radical (unpaired) electrons. The molecule has 2 aromatic carbocycles. The summed E-state index contributed by atoms with van der Waals surface area (Å²) >= 11 is 1.41. The third-order valence-corrected chi connectivity index (χ3v) is 5.31. The molecule has 0 aliphatic carbocycles. The van der Waals surface area contributed by atoms with E-state index in [9.17, 15) is 9.59 Å². The van der Waals surface area contributed by atoms with E-state index in [4.69, 9.17) is 9.73 Å². The van der Waals surface area contributed by atoms with Gasteiger partial charge in [-0.2, -0.15) is 0 Å². The van der Waals surface area contributed by atoms with Gasteiger partial charge >= 0.3 is 5.97 Å². The monoisotopic (exact) mass is 397 g/mol. The topological polar surface area (TPSA) is 71.0 Å². The van der Waals surface area contributed by atoms with Crippen LogP contribution in [0, 0.1) is 0 Å². The number of nitrogens with zero attached hydrogens (tertiary/aromatic N) is 2. The third kappa shape index (κ3) is 5.36. The minimum atomic E-state index is -0.480. The molecule has 1 N–H and O–H groups in total. The fraction of sp³-hybridized carbons (Fsp3) is 0.286. The highest BCUT2D eigenvalue weighted by molar-refractivity contribution is 8.14. The molecule has 28 heavy (non-hydrogen) atoms. The number of hydrogen-bond donors (Lipinski definition) is 1. The number of carbonyl (C=O) groups is 2. The van der Waals surface area contributed by atoms with E-state index in [0.717, 1.165) is 36.8 Å². The second kappa shape index (κ2) is 9.94. The van der Waals surface area contributed by atoms with Gasteiger partial charge in [0.1, 0.15) is 0 Å². The number of nitrogens with one attached hydrogen (secondary N) is 1. The van der Waals surface area contributed by atoms with E-state index < -0.39 is 5.97 Å². The average molecular weight is 398 g/mol. The van der Waals surface area contributed by atoms with Crippen LogP contribution in [0.15, 0.2) is 59.6 Å². The van der Waals surface area contributed by atoms with Crippen LogP contribution in [0.1, 0.15) is 23.2 Å². The molecule has 1 aliphatic rings. The highest BCUT2D eigenvalue weighted by Crippen LogP contribution is 2.22. The van der Waals surface area contributed by atoms with E-state index >= 15 is 0 Å². The van der Waals surface area contributed by atoms with Crippen LogP contribution in [0.3, 0.4) is 0 Å². The van der Waals surface area contributed by atoms with E-state index in [1.807, 2.05) is 30.3 Å². The predicted molar refractivity (Wildman–Crippen MR) is 113 cm³/mol. The molecule has 146 valence electrons. The van der Waals surface area contributed by atoms with Gasteiger partial charge in [0.2, 0.25) is 5.91 Å². The highest BCUT2D eigenvalue weighted by Gasteiger charge is 2.19. The normalized spacial score (nSPS) is 14.0. The molecule has 1 heterocycles. The number of para-hydroxylation sites is 2. The second-order valence-electron chi connectivity index (χ2n) is 6.30. The maximum atomic E-state index is 12.5. The Hall–Kier alpha value is -2.80. The average Bonchev–Trinajstić information content (AvgIpc) is 3.26. The van der Waals surface area contributed by atoms with Gasteiger partial charge in [-0.05, 0) is 37.1 Å². The molecule has 0 atom stereocenters. The van der Waals surface area contributed by atoms with Gasteiger partial charge in [-0.25, -0.2) is 9.79 Å². The number of rotatable bonds is 5. The maximum absolute atomic E-state index is 12.5. The zero-order chi connectivity index (χ0) is 19.8. The number of hydrogen-bond acceptors (Lipinski definition) is 5. The van der Waals surface area contributed by atoms with Crippen LogP contribution in [0.5, 0.6) is 0 Å². The number of amidine groups is 1. The van der Waals surface area contributed by atoms with E-state index in [0.29, 0.717) is 11.3 Å². The first-order valence-electron chi connectivity index (χ1n) is 9.16. The summed E-state index contributed by atoms with van der Waals surface area (Å²) < 4.78 is 4.77. The molecule has 6 nitrogen and oxygen atoms in total. The van der Waals surface area contributed by atoms with Crippen molar-refractivity contribution in [2.75, 3.05) is 31.3 Å². The lowest BCUT2D eigenvalue weighted by atomic mass is 10.2. The van der Waals surface area contributed by atoms with Gasteiger partial charge in [0.25, 0.3) is 0 Å². The Kier molecular flexibility index (Phi) is 7.08. The Labute approximate surface area is 169 Å². The fourth-order valence-corrected chi connectivity index (χ4v) is 3.78. The van der Waals surface area contributed by atoms with Crippen molar-refractivity contribution in [2.24, 2.45) is 4.99 Å². The van der Waals surface area contributed by atoms with Crippen molar-refractivity contribution in [1.82, 2.24) is 4.90 Å². The standard InChI is InChI=1S/C21H23N3O3S/c1-27-20(26)17-11-5-6-12-18(17)23-19(25)15-28-21(24-13-7-8-14-24)22-16-9-3-2-4-10-16/h2-6,9-12H,7-8,13-15H2,1H3,(H,23,25). The number of ether oxygens (including phenoxy) is 1. The van der Waals surface area contributed by atoms with Crippen molar-refractivity contribution in [2.45, 2.75) is 12.8 Å². The first kappa shape index (κ1) is 19.9. The van der Waals surface area contributed by atoms with Crippen LogP contribution in [0.4, 0.5) is 11.4 Å². The molecule has 0 unspecified atom stereocenters. The predicted octanol–water partition coefficient (Wildman–Crippen LogP) is 3.93. The Morgan fingerprint density at radius 1 is 1.07 bits per heavy atom. The molecule has 1 amide bonds. The molecule has 3 rings (SSSR count). The van der Waals surface area contributed by atoms with Crippen LogP contribution in [0.2, 0.25) is 0 Å². The van der Waals surface area contributed by atoms with Gasteiger partial charge < -0.3 is 15.0 Å². The van der Waals surface area contributed by atoms with Crippen LogP contribution < -0.4 is 5.32 Å². The molecule has 1 saturated heterocycles. The SMILES string of the molecule is COC(=O)c1ccccc1NC(=O)CSC(=Nc1ccccc1)N1CCCC1. The number of amides is 1.